The average Bonchev–Trinajstić information content (AvgIpc) is 2.41. The van der Waals surface area contributed by atoms with Crippen LogP contribution in [0.5, 0.6) is 0 Å². The molecule has 2 aromatic carbocycles. The molecule has 0 fully saturated rings. The van der Waals surface area contributed by atoms with E-state index in [4.69, 9.17) is 40.5 Å². The van der Waals surface area contributed by atoms with Gasteiger partial charge in [0.2, 0.25) is 0 Å². The minimum Gasteiger partial charge on any atom is -0.388 e. The highest BCUT2D eigenvalue weighted by Gasteiger charge is 2.24. The predicted molar refractivity (Wildman–Crippen MR) is 89.4 cm³/mol. The molecule has 2 unspecified atom stereocenters. The second kappa shape index (κ2) is 6.99. The Morgan fingerprint density at radius 1 is 1.00 bits per heavy atom. The van der Waals surface area contributed by atoms with Crippen LogP contribution in [0.25, 0.3) is 0 Å². The number of halogens is 3. The van der Waals surface area contributed by atoms with Crippen molar-refractivity contribution in [2.45, 2.75) is 18.9 Å². The van der Waals surface area contributed by atoms with E-state index in [0.29, 0.717) is 15.1 Å². The van der Waals surface area contributed by atoms with E-state index in [-0.39, 0.29) is 12.5 Å². The lowest BCUT2D eigenvalue weighted by molar-refractivity contribution is 0.147. The van der Waals surface area contributed by atoms with Gasteiger partial charge in [0.1, 0.15) is 0 Å². The van der Waals surface area contributed by atoms with Gasteiger partial charge in [-0.2, -0.15) is 0 Å². The Labute approximate surface area is 139 Å². The lowest BCUT2D eigenvalue weighted by Gasteiger charge is -2.24. The summed E-state index contributed by atoms with van der Waals surface area (Å²) < 4.78 is 0. The molecule has 0 radical (unpaired) electrons. The van der Waals surface area contributed by atoms with Crippen molar-refractivity contribution in [2.24, 2.45) is 5.73 Å². The van der Waals surface area contributed by atoms with E-state index in [0.717, 1.165) is 16.7 Å². The molecule has 2 atom stereocenters. The number of benzene rings is 2. The molecule has 0 aromatic heterocycles. The van der Waals surface area contributed by atoms with Gasteiger partial charge in [-0.1, -0.05) is 46.9 Å². The van der Waals surface area contributed by atoms with Crippen molar-refractivity contribution in [1.29, 1.82) is 0 Å². The Bertz CT molecular complexity index is 645. The SMILES string of the molecule is Cc1cc(Cl)ccc1C(O)C(CN)c1ccc(Cl)cc1Cl. The van der Waals surface area contributed by atoms with E-state index in [9.17, 15) is 5.11 Å². The van der Waals surface area contributed by atoms with Crippen LogP contribution in [0, 0.1) is 6.92 Å². The fraction of sp³-hybridized carbons (Fsp3) is 0.250. The van der Waals surface area contributed by atoms with Gasteiger partial charge in [-0.05, 0) is 47.9 Å². The monoisotopic (exact) mass is 343 g/mol. The van der Waals surface area contributed by atoms with Crippen LogP contribution in [0.4, 0.5) is 0 Å². The summed E-state index contributed by atoms with van der Waals surface area (Å²) in [6, 6.07) is 10.6. The smallest absolute Gasteiger partial charge is 0.0873 e. The first-order valence-electron chi connectivity index (χ1n) is 6.53. The Balaban J connectivity index is 2.40. The Hall–Kier alpha value is -0.770. The molecule has 0 aliphatic heterocycles. The molecule has 21 heavy (non-hydrogen) atoms. The zero-order valence-electron chi connectivity index (χ0n) is 11.5. The topological polar surface area (TPSA) is 46.2 Å². The van der Waals surface area contributed by atoms with Gasteiger partial charge in [0.25, 0.3) is 0 Å². The zero-order chi connectivity index (χ0) is 15.6. The number of nitrogens with two attached hydrogens (primary N) is 1. The molecule has 2 rings (SSSR count). The Morgan fingerprint density at radius 2 is 1.57 bits per heavy atom. The number of rotatable bonds is 4. The number of aliphatic hydroxyl groups is 1. The summed E-state index contributed by atoms with van der Waals surface area (Å²) in [5, 5.41) is 12.4. The molecule has 0 bridgehead atoms. The molecule has 0 spiro atoms. The van der Waals surface area contributed by atoms with Crippen LogP contribution in [0.1, 0.15) is 28.7 Å². The summed E-state index contributed by atoms with van der Waals surface area (Å²) in [6.45, 7) is 2.17. The van der Waals surface area contributed by atoms with E-state index in [1.807, 2.05) is 19.1 Å². The van der Waals surface area contributed by atoms with Gasteiger partial charge in [0.05, 0.1) is 6.10 Å². The first-order chi connectivity index (χ1) is 9.93. The standard InChI is InChI=1S/C16H16Cl3NO/c1-9-6-10(17)2-4-12(9)16(21)14(8-20)13-5-3-11(18)7-15(13)19/h2-7,14,16,21H,8,20H2,1H3. The van der Waals surface area contributed by atoms with Crippen molar-refractivity contribution in [3.8, 4) is 0 Å². The van der Waals surface area contributed by atoms with Crippen molar-refractivity contribution in [3.63, 3.8) is 0 Å². The van der Waals surface area contributed by atoms with Gasteiger partial charge in [-0.25, -0.2) is 0 Å². The van der Waals surface area contributed by atoms with E-state index in [1.165, 1.54) is 0 Å². The van der Waals surface area contributed by atoms with Crippen molar-refractivity contribution in [1.82, 2.24) is 0 Å². The van der Waals surface area contributed by atoms with Crippen LogP contribution in [-0.4, -0.2) is 11.7 Å². The van der Waals surface area contributed by atoms with Gasteiger partial charge in [-0.15, -0.1) is 0 Å². The maximum absolute atomic E-state index is 10.7. The fourth-order valence-corrected chi connectivity index (χ4v) is 3.19. The average molecular weight is 345 g/mol. The molecule has 0 aliphatic rings. The second-order valence-corrected chi connectivity index (χ2v) is 6.23. The maximum atomic E-state index is 10.7. The van der Waals surface area contributed by atoms with Crippen LogP contribution < -0.4 is 5.73 Å². The highest BCUT2D eigenvalue weighted by atomic mass is 35.5. The lowest BCUT2D eigenvalue weighted by atomic mass is 9.87. The minimum absolute atomic E-state index is 0.268. The largest absolute Gasteiger partial charge is 0.388 e. The molecule has 0 saturated heterocycles. The van der Waals surface area contributed by atoms with Crippen molar-refractivity contribution < 1.29 is 5.11 Å². The summed E-state index contributed by atoms with van der Waals surface area (Å²) in [7, 11) is 0. The molecular formula is C16H16Cl3NO. The van der Waals surface area contributed by atoms with E-state index >= 15 is 0 Å². The third kappa shape index (κ3) is 3.71. The van der Waals surface area contributed by atoms with Crippen LogP contribution in [0.15, 0.2) is 36.4 Å². The number of hydrogen-bond acceptors (Lipinski definition) is 2. The van der Waals surface area contributed by atoms with Crippen molar-refractivity contribution >= 4 is 34.8 Å². The minimum atomic E-state index is -0.758. The molecule has 112 valence electrons. The third-order valence-electron chi connectivity index (χ3n) is 3.55. The van der Waals surface area contributed by atoms with Crippen LogP contribution >= 0.6 is 34.8 Å². The van der Waals surface area contributed by atoms with Gasteiger partial charge >= 0.3 is 0 Å². The summed E-state index contributed by atoms with van der Waals surface area (Å²) in [4.78, 5) is 0. The van der Waals surface area contributed by atoms with Crippen LogP contribution in [0.2, 0.25) is 15.1 Å². The Kier molecular flexibility index (Phi) is 5.53. The van der Waals surface area contributed by atoms with Gasteiger partial charge in [0, 0.05) is 27.5 Å². The molecule has 0 amide bonds. The van der Waals surface area contributed by atoms with Gasteiger partial charge in [0.15, 0.2) is 0 Å². The molecule has 5 heteroatoms. The van der Waals surface area contributed by atoms with Gasteiger partial charge in [-0.3, -0.25) is 0 Å². The molecule has 0 heterocycles. The number of hydrogen-bond donors (Lipinski definition) is 2. The van der Waals surface area contributed by atoms with Crippen molar-refractivity contribution in [3.05, 3.63) is 68.2 Å². The van der Waals surface area contributed by atoms with Crippen LogP contribution in [0.3, 0.4) is 0 Å². The molecule has 3 N–H and O–H groups in total. The molecule has 0 aliphatic carbocycles. The Morgan fingerprint density at radius 3 is 2.10 bits per heavy atom. The quantitative estimate of drug-likeness (QED) is 0.842. The molecular weight excluding hydrogens is 329 g/mol. The summed E-state index contributed by atoms with van der Waals surface area (Å²) in [5.74, 6) is -0.311. The predicted octanol–water partition coefficient (Wildman–Crippen LogP) is 4.73. The molecule has 2 aromatic rings. The van der Waals surface area contributed by atoms with E-state index < -0.39 is 6.10 Å². The highest BCUT2D eigenvalue weighted by Crippen LogP contribution is 2.36. The second-order valence-electron chi connectivity index (χ2n) is 4.95. The first-order valence-corrected chi connectivity index (χ1v) is 7.66. The third-order valence-corrected chi connectivity index (χ3v) is 4.35. The zero-order valence-corrected chi connectivity index (χ0v) is 13.8. The fourth-order valence-electron chi connectivity index (χ4n) is 2.42. The summed E-state index contributed by atoms with van der Waals surface area (Å²) in [6.07, 6.45) is -0.758. The van der Waals surface area contributed by atoms with Crippen molar-refractivity contribution in [2.75, 3.05) is 6.54 Å². The maximum Gasteiger partial charge on any atom is 0.0873 e. The van der Waals surface area contributed by atoms with Gasteiger partial charge < -0.3 is 10.8 Å². The number of aryl methyl sites for hydroxylation is 1. The normalized spacial score (nSPS) is 14.0. The highest BCUT2D eigenvalue weighted by molar-refractivity contribution is 6.35. The first kappa shape index (κ1) is 16.6. The van der Waals surface area contributed by atoms with Crippen LogP contribution in [-0.2, 0) is 0 Å². The lowest BCUT2D eigenvalue weighted by Crippen LogP contribution is -2.21. The van der Waals surface area contributed by atoms with E-state index in [1.54, 1.807) is 24.3 Å². The summed E-state index contributed by atoms with van der Waals surface area (Å²) in [5.41, 5.74) is 8.34. The molecule has 2 nitrogen and oxygen atoms in total. The van der Waals surface area contributed by atoms with E-state index in [2.05, 4.69) is 0 Å². The molecule has 0 saturated carbocycles. The summed E-state index contributed by atoms with van der Waals surface area (Å²) >= 11 is 18.1. The number of aliphatic hydroxyl groups excluding tert-OH is 1.